The average Bonchev–Trinajstić information content (AvgIpc) is 2.35. The standard InChI is InChI=1S/C15H28N2O3/c1-3-8-17(9-10-18)14(19)16-12-11-13(20-4-2)15(12)6-5-7-15/h12-13,18H,3-11H2,1-2H3,(H,16,19). The molecule has 0 heterocycles. The van der Waals surface area contributed by atoms with Crippen LogP contribution >= 0.6 is 0 Å². The Morgan fingerprint density at radius 3 is 2.65 bits per heavy atom. The van der Waals surface area contributed by atoms with Crippen LogP contribution in [0.1, 0.15) is 46.0 Å². The molecule has 2 fully saturated rings. The summed E-state index contributed by atoms with van der Waals surface area (Å²) in [5, 5.41) is 12.2. The van der Waals surface area contributed by atoms with E-state index in [0.29, 0.717) is 19.2 Å². The van der Waals surface area contributed by atoms with E-state index in [1.54, 1.807) is 4.90 Å². The number of carbonyl (C=O) groups excluding carboxylic acids is 1. The monoisotopic (exact) mass is 284 g/mol. The number of hydrogen-bond acceptors (Lipinski definition) is 3. The summed E-state index contributed by atoms with van der Waals surface area (Å²) in [7, 11) is 0. The van der Waals surface area contributed by atoms with Crippen LogP contribution < -0.4 is 5.32 Å². The molecular formula is C15H28N2O3. The van der Waals surface area contributed by atoms with Gasteiger partial charge in [0.05, 0.1) is 12.7 Å². The number of nitrogens with zero attached hydrogens (tertiary/aromatic N) is 1. The lowest BCUT2D eigenvalue weighted by Gasteiger charge is -2.61. The van der Waals surface area contributed by atoms with Gasteiger partial charge in [0.1, 0.15) is 0 Å². The lowest BCUT2D eigenvalue weighted by atomic mass is 9.51. The first-order valence-electron chi connectivity index (χ1n) is 7.95. The van der Waals surface area contributed by atoms with Crippen LogP contribution in [-0.2, 0) is 4.74 Å². The van der Waals surface area contributed by atoms with Crippen LogP contribution in [-0.4, -0.2) is 54.5 Å². The van der Waals surface area contributed by atoms with Crippen molar-refractivity contribution in [3.05, 3.63) is 0 Å². The molecule has 5 nitrogen and oxygen atoms in total. The largest absolute Gasteiger partial charge is 0.395 e. The Labute approximate surface area is 121 Å². The summed E-state index contributed by atoms with van der Waals surface area (Å²) < 4.78 is 5.80. The molecule has 2 N–H and O–H groups in total. The van der Waals surface area contributed by atoms with Crippen LogP contribution in [0.25, 0.3) is 0 Å². The fourth-order valence-corrected chi connectivity index (χ4v) is 3.59. The highest BCUT2D eigenvalue weighted by atomic mass is 16.5. The van der Waals surface area contributed by atoms with Gasteiger partial charge in [-0.15, -0.1) is 0 Å². The molecule has 2 unspecified atom stereocenters. The summed E-state index contributed by atoms with van der Waals surface area (Å²) in [5.74, 6) is 0. The molecule has 0 radical (unpaired) electrons. The molecule has 2 aliphatic carbocycles. The Morgan fingerprint density at radius 1 is 1.40 bits per heavy atom. The molecular weight excluding hydrogens is 256 g/mol. The van der Waals surface area contributed by atoms with E-state index in [-0.39, 0.29) is 24.1 Å². The molecule has 1 spiro atoms. The number of ether oxygens (including phenoxy) is 1. The molecule has 2 amide bonds. The Kier molecular flexibility index (Phi) is 5.27. The maximum absolute atomic E-state index is 12.3. The zero-order chi connectivity index (χ0) is 14.6. The van der Waals surface area contributed by atoms with Gasteiger partial charge in [-0.05, 0) is 32.6 Å². The summed E-state index contributed by atoms with van der Waals surface area (Å²) in [5.41, 5.74) is 0.197. The number of aliphatic hydroxyl groups excluding tert-OH is 1. The van der Waals surface area contributed by atoms with E-state index < -0.39 is 0 Å². The number of nitrogens with one attached hydrogen (secondary N) is 1. The highest BCUT2D eigenvalue weighted by molar-refractivity contribution is 5.74. The van der Waals surface area contributed by atoms with Crippen molar-refractivity contribution in [2.24, 2.45) is 5.41 Å². The molecule has 2 atom stereocenters. The fourth-order valence-electron chi connectivity index (χ4n) is 3.59. The van der Waals surface area contributed by atoms with Gasteiger partial charge >= 0.3 is 6.03 Å². The van der Waals surface area contributed by atoms with Gasteiger partial charge in [-0.2, -0.15) is 0 Å². The van der Waals surface area contributed by atoms with Gasteiger partial charge in [0, 0.05) is 31.2 Å². The second-order valence-electron chi connectivity index (χ2n) is 5.98. The summed E-state index contributed by atoms with van der Waals surface area (Å²) in [4.78, 5) is 14.0. The molecule has 2 aliphatic rings. The van der Waals surface area contributed by atoms with Crippen LogP contribution in [0, 0.1) is 5.41 Å². The normalized spacial score (nSPS) is 26.8. The predicted octanol–water partition coefficient (Wildman–Crippen LogP) is 1.75. The van der Waals surface area contributed by atoms with Crippen molar-refractivity contribution in [3.8, 4) is 0 Å². The van der Waals surface area contributed by atoms with Crippen LogP contribution in [0.5, 0.6) is 0 Å². The van der Waals surface area contributed by atoms with E-state index in [1.165, 1.54) is 6.42 Å². The van der Waals surface area contributed by atoms with Crippen LogP contribution in [0.2, 0.25) is 0 Å². The van der Waals surface area contributed by atoms with Crippen molar-refractivity contribution in [2.45, 2.75) is 58.1 Å². The predicted molar refractivity (Wildman–Crippen MR) is 77.6 cm³/mol. The van der Waals surface area contributed by atoms with E-state index in [0.717, 1.165) is 32.3 Å². The third-order valence-electron chi connectivity index (χ3n) is 4.89. The summed E-state index contributed by atoms with van der Waals surface area (Å²) in [6.07, 6.45) is 5.73. The quantitative estimate of drug-likeness (QED) is 0.748. The first-order valence-corrected chi connectivity index (χ1v) is 7.95. The fraction of sp³-hybridized carbons (Fsp3) is 0.933. The van der Waals surface area contributed by atoms with E-state index in [2.05, 4.69) is 5.32 Å². The first kappa shape index (κ1) is 15.6. The van der Waals surface area contributed by atoms with Gasteiger partial charge in [0.15, 0.2) is 0 Å². The summed E-state index contributed by atoms with van der Waals surface area (Å²) >= 11 is 0. The van der Waals surface area contributed by atoms with E-state index >= 15 is 0 Å². The molecule has 0 saturated heterocycles. The summed E-state index contributed by atoms with van der Waals surface area (Å²) in [6.45, 7) is 5.95. The average molecular weight is 284 g/mol. The number of amides is 2. The Balaban J connectivity index is 1.88. The molecule has 0 aromatic carbocycles. The molecule has 0 aromatic heterocycles. The minimum absolute atomic E-state index is 0.0187. The first-order chi connectivity index (χ1) is 9.67. The highest BCUT2D eigenvalue weighted by Crippen LogP contribution is 2.57. The van der Waals surface area contributed by atoms with Crippen molar-refractivity contribution in [3.63, 3.8) is 0 Å². The lowest BCUT2D eigenvalue weighted by molar-refractivity contribution is -0.169. The topological polar surface area (TPSA) is 61.8 Å². The summed E-state index contributed by atoms with van der Waals surface area (Å²) in [6, 6.07) is 0.213. The molecule has 20 heavy (non-hydrogen) atoms. The zero-order valence-electron chi connectivity index (χ0n) is 12.7. The van der Waals surface area contributed by atoms with Crippen molar-refractivity contribution >= 4 is 6.03 Å². The van der Waals surface area contributed by atoms with Gasteiger partial charge in [0.25, 0.3) is 0 Å². The minimum Gasteiger partial charge on any atom is -0.395 e. The second kappa shape index (κ2) is 6.76. The number of aliphatic hydroxyl groups is 1. The third kappa shape index (κ3) is 2.79. The Hall–Kier alpha value is -0.810. The van der Waals surface area contributed by atoms with E-state index in [9.17, 15) is 4.79 Å². The van der Waals surface area contributed by atoms with Gasteiger partial charge in [-0.25, -0.2) is 4.79 Å². The van der Waals surface area contributed by atoms with Gasteiger partial charge in [-0.1, -0.05) is 13.3 Å². The molecule has 2 saturated carbocycles. The highest BCUT2D eigenvalue weighted by Gasteiger charge is 2.59. The Bertz CT molecular complexity index is 325. The number of hydrogen-bond donors (Lipinski definition) is 2. The third-order valence-corrected chi connectivity index (χ3v) is 4.89. The molecule has 0 bridgehead atoms. The van der Waals surface area contributed by atoms with Crippen molar-refractivity contribution < 1.29 is 14.6 Å². The maximum Gasteiger partial charge on any atom is 0.317 e. The molecule has 5 heteroatoms. The van der Waals surface area contributed by atoms with E-state index in [1.807, 2.05) is 13.8 Å². The van der Waals surface area contributed by atoms with Crippen LogP contribution in [0.3, 0.4) is 0 Å². The van der Waals surface area contributed by atoms with Crippen molar-refractivity contribution in [1.82, 2.24) is 10.2 Å². The van der Waals surface area contributed by atoms with Gasteiger partial charge < -0.3 is 20.1 Å². The maximum atomic E-state index is 12.3. The Morgan fingerprint density at radius 2 is 2.15 bits per heavy atom. The SMILES string of the molecule is CCCN(CCO)C(=O)NC1CC(OCC)C12CCC2. The number of rotatable bonds is 7. The van der Waals surface area contributed by atoms with Gasteiger partial charge in [-0.3, -0.25) is 0 Å². The number of carbonyl (C=O) groups is 1. The van der Waals surface area contributed by atoms with Crippen molar-refractivity contribution in [2.75, 3.05) is 26.3 Å². The molecule has 116 valence electrons. The molecule has 0 aromatic rings. The second-order valence-corrected chi connectivity index (χ2v) is 5.98. The zero-order valence-corrected chi connectivity index (χ0v) is 12.7. The lowest BCUT2D eigenvalue weighted by Crippen LogP contribution is -2.68. The van der Waals surface area contributed by atoms with Crippen LogP contribution in [0.15, 0.2) is 0 Å². The molecule has 2 rings (SSSR count). The van der Waals surface area contributed by atoms with E-state index in [4.69, 9.17) is 9.84 Å². The van der Waals surface area contributed by atoms with Gasteiger partial charge in [0.2, 0.25) is 0 Å². The number of urea groups is 1. The molecule has 0 aliphatic heterocycles. The van der Waals surface area contributed by atoms with Crippen molar-refractivity contribution in [1.29, 1.82) is 0 Å². The smallest absolute Gasteiger partial charge is 0.317 e. The van der Waals surface area contributed by atoms with Crippen LogP contribution in [0.4, 0.5) is 4.79 Å². The minimum atomic E-state index is -0.0351.